The Hall–Kier alpha value is -3.30. The summed E-state index contributed by atoms with van der Waals surface area (Å²) in [7, 11) is 0. The number of fused-ring (bicyclic) bond motifs is 7. The third-order valence-electron chi connectivity index (χ3n) is 11.3. The predicted molar refractivity (Wildman–Crippen MR) is 162 cm³/mol. The number of alkyl halides is 2. The van der Waals surface area contributed by atoms with Crippen LogP contribution in [0.5, 0.6) is 0 Å². The van der Waals surface area contributed by atoms with Gasteiger partial charge in [-0.05, 0) is 76.5 Å². The zero-order valence-corrected chi connectivity index (χ0v) is 27.6. The van der Waals surface area contributed by atoms with E-state index in [0.717, 1.165) is 6.08 Å². The van der Waals surface area contributed by atoms with Crippen molar-refractivity contribution in [3.8, 4) is 0 Å². The molecule has 0 radical (unpaired) electrons. The average molecular weight is 683 g/mol. The van der Waals surface area contributed by atoms with E-state index >= 15 is 8.78 Å². The van der Waals surface area contributed by atoms with Crippen molar-refractivity contribution in [3.05, 3.63) is 33.9 Å². The molecule has 0 spiro atoms. The summed E-state index contributed by atoms with van der Waals surface area (Å²) in [6.07, 6.45) is 0.478. The molecular formula is C33H44F2N2O11. The summed E-state index contributed by atoms with van der Waals surface area (Å²) in [5.41, 5.74) is -6.90. The van der Waals surface area contributed by atoms with E-state index in [0.29, 0.717) is 19.3 Å². The number of esters is 1. The molecule has 1 aliphatic heterocycles. The molecule has 0 unspecified atom stereocenters. The number of Topliss-reactive ketones (excluding diaryl/α,β-unsaturated/α-hetero) is 1. The standard InChI is InChI=1S/C33H44F2N2O11/c1-29(2)47-26-16-20-21-15-23(34)22-14-19(38)9-11-30(22,3)32(21,35)24(39)17-31(20,4)33(26,48-29)25(40)18-45-28(42)10-12-36-27(41)8-6-5-7-13-46-37(43)44/h9,11,14,20-21,23-24,26,39H,5-8,10,12-13,15-18H2,1-4H3,(H,36,41)/t20-,21-,23-,24-,26+,30-,31-,32-,33-/m0/s1. The number of carbonyl (C=O) groups is 4. The first-order valence-electron chi connectivity index (χ1n) is 16.5. The third-order valence-corrected chi connectivity index (χ3v) is 11.3. The van der Waals surface area contributed by atoms with E-state index in [-0.39, 0.29) is 56.7 Å². The van der Waals surface area contributed by atoms with Crippen molar-refractivity contribution < 1.29 is 57.2 Å². The lowest BCUT2D eigenvalue weighted by molar-refractivity contribution is -0.757. The van der Waals surface area contributed by atoms with E-state index < -0.39 is 87.3 Å². The molecule has 266 valence electrons. The fourth-order valence-corrected chi connectivity index (χ4v) is 9.22. The lowest BCUT2D eigenvalue weighted by atomic mass is 9.44. The van der Waals surface area contributed by atoms with Gasteiger partial charge in [0.2, 0.25) is 11.7 Å². The minimum Gasteiger partial charge on any atom is -0.457 e. The molecule has 0 bridgehead atoms. The van der Waals surface area contributed by atoms with Gasteiger partial charge >= 0.3 is 5.97 Å². The van der Waals surface area contributed by atoms with Gasteiger partial charge in [0.1, 0.15) is 6.17 Å². The zero-order chi connectivity index (χ0) is 35.3. The SMILES string of the molecule is CC1(C)O[C@@H]2C[C@H]3[C@@H]4C[C@H](F)C5=CC(=O)C=C[C@]5(C)[C@@]4(F)[C@@H](O)C[C@]3(C)[C@@]2(C(=O)COC(=O)CCNC(=O)CCCCCO[N+](=O)[O-])O1. The number of aliphatic hydroxyl groups is 1. The molecule has 4 fully saturated rings. The summed E-state index contributed by atoms with van der Waals surface area (Å²) >= 11 is 0. The Labute approximate surface area is 276 Å². The van der Waals surface area contributed by atoms with E-state index in [1.165, 1.54) is 19.1 Å². The molecule has 2 N–H and O–H groups in total. The molecule has 48 heavy (non-hydrogen) atoms. The maximum atomic E-state index is 17.6. The monoisotopic (exact) mass is 682 g/mol. The van der Waals surface area contributed by atoms with Gasteiger partial charge in [0.05, 0.1) is 25.2 Å². The molecule has 4 aliphatic carbocycles. The topological polar surface area (TPSA) is 181 Å². The number of nitrogens with zero attached hydrogens (tertiary/aromatic N) is 1. The van der Waals surface area contributed by atoms with Crippen LogP contribution in [0, 0.1) is 32.8 Å². The molecular weight excluding hydrogens is 638 g/mol. The Morgan fingerprint density at radius 3 is 2.56 bits per heavy atom. The Morgan fingerprint density at radius 2 is 1.85 bits per heavy atom. The van der Waals surface area contributed by atoms with Crippen LogP contribution in [-0.2, 0) is 38.2 Å². The largest absolute Gasteiger partial charge is 0.457 e. The van der Waals surface area contributed by atoms with E-state index in [1.807, 2.05) is 0 Å². The number of hydrogen-bond acceptors (Lipinski definition) is 11. The van der Waals surface area contributed by atoms with Gasteiger partial charge in [-0.3, -0.25) is 19.2 Å². The Kier molecular flexibility index (Phi) is 9.65. The van der Waals surface area contributed by atoms with Gasteiger partial charge in [0.15, 0.2) is 29.4 Å². The van der Waals surface area contributed by atoms with Crippen LogP contribution in [0.25, 0.3) is 0 Å². The molecule has 5 rings (SSSR count). The molecule has 0 aromatic rings. The van der Waals surface area contributed by atoms with Crippen LogP contribution in [0.15, 0.2) is 23.8 Å². The van der Waals surface area contributed by atoms with Gasteiger partial charge in [0.25, 0.3) is 5.09 Å². The smallest absolute Gasteiger partial charge is 0.308 e. The van der Waals surface area contributed by atoms with Crippen molar-refractivity contribution in [1.82, 2.24) is 5.32 Å². The number of carbonyl (C=O) groups excluding carboxylic acids is 4. The van der Waals surface area contributed by atoms with Crippen molar-refractivity contribution in [2.75, 3.05) is 19.8 Å². The molecule has 1 saturated heterocycles. The van der Waals surface area contributed by atoms with Gasteiger partial charge in [-0.2, -0.15) is 0 Å². The number of hydrogen-bond donors (Lipinski definition) is 2. The normalized spacial score (nSPS) is 38.9. The third kappa shape index (κ3) is 5.85. The lowest BCUT2D eigenvalue weighted by Crippen LogP contribution is -2.71. The van der Waals surface area contributed by atoms with Gasteiger partial charge in [0, 0.05) is 29.7 Å². The number of ketones is 2. The first kappa shape index (κ1) is 36.0. The number of ether oxygens (including phenoxy) is 3. The second-order valence-corrected chi connectivity index (χ2v) is 14.5. The van der Waals surface area contributed by atoms with Gasteiger partial charge in [-0.15, -0.1) is 10.1 Å². The molecule has 15 heteroatoms. The van der Waals surface area contributed by atoms with Crippen LogP contribution in [0.4, 0.5) is 8.78 Å². The van der Waals surface area contributed by atoms with Gasteiger partial charge in [-0.25, -0.2) is 8.78 Å². The lowest BCUT2D eigenvalue weighted by Gasteiger charge is -2.63. The minimum atomic E-state index is -2.34. The van der Waals surface area contributed by atoms with Crippen molar-refractivity contribution >= 4 is 23.4 Å². The fourth-order valence-electron chi connectivity index (χ4n) is 9.22. The average Bonchev–Trinajstić information content (AvgIpc) is 3.41. The van der Waals surface area contributed by atoms with Crippen LogP contribution in [0.1, 0.15) is 79.1 Å². The van der Waals surface area contributed by atoms with Crippen LogP contribution < -0.4 is 5.32 Å². The molecule has 0 aromatic heterocycles. The van der Waals surface area contributed by atoms with Crippen molar-refractivity contribution in [2.45, 2.75) is 114 Å². The van der Waals surface area contributed by atoms with Crippen molar-refractivity contribution in [3.63, 3.8) is 0 Å². The molecule has 5 aliphatic rings. The number of unbranched alkanes of at least 4 members (excludes halogenated alkanes) is 2. The summed E-state index contributed by atoms with van der Waals surface area (Å²) in [5.74, 6) is -5.08. The predicted octanol–water partition coefficient (Wildman–Crippen LogP) is 3.19. The van der Waals surface area contributed by atoms with Crippen LogP contribution in [-0.4, -0.2) is 88.8 Å². The summed E-state index contributed by atoms with van der Waals surface area (Å²) in [6, 6.07) is 0. The van der Waals surface area contributed by atoms with Gasteiger partial charge in [-0.1, -0.05) is 19.4 Å². The summed E-state index contributed by atoms with van der Waals surface area (Å²) in [6.45, 7) is 5.70. The Balaban J connectivity index is 1.25. The first-order valence-corrected chi connectivity index (χ1v) is 16.5. The highest BCUT2D eigenvalue weighted by Crippen LogP contribution is 2.72. The number of allylic oxidation sites excluding steroid dienone is 4. The molecule has 1 heterocycles. The van der Waals surface area contributed by atoms with Crippen LogP contribution in [0.2, 0.25) is 0 Å². The second-order valence-electron chi connectivity index (χ2n) is 14.5. The number of amides is 1. The summed E-state index contributed by atoms with van der Waals surface area (Å²) in [4.78, 5) is 65.3. The molecule has 13 nitrogen and oxygen atoms in total. The van der Waals surface area contributed by atoms with Gasteiger partial charge < -0.3 is 29.5 Å². The highest BCUT2D eigenvalue weighted by atomic mass is 19.1. The van der Waals surface area contributed by atoms with Crippen LogP contribution in [0.3, 0.4) is 0 Å². The fraction of sp³-hybridized carbons (Fsp3) is 0.758. The van der Waals surface area contributed by atoms with E-state index in [2.05, 4.69) is 10.2 Å². The number of rotatable bonds is 13. The zero-order valence-electron chi connectivity index (χ0n) is 27.6. The molecule has 1 amide bonds. The van der Waals surface area contributed by atoms with Crippen molar-refractivity contribution in [2.24, 2.45) is 22.7 Å². The maximum Gasteiger partial charge on any atom is 0.308 e. The maximum absolute atomic E-state index is 17.6. The van der Waals surface area contributed by atoms with E-state index in [9.17, 15) is 34.4 Å². The Bertz CT molecular complexity index is 1420. The quantitative estimate of drug-likeness (QED) is 0.126. The molecule has 0 aromatic carbocycles. The van der Waals surface area contributed by atoms with Crippen LogP contribution >= 0.6 is 0 Å². The summed E-state index contributed by atoms with van der Waals surface area (Å²) < 4.78 is 51.3. The highest BCUT2D eigenvalue weighted by molar-refractivity contribution is 6.01. The number of nitrogens with one attached hydrogen (secondary N) is 1. The number of aliphatic hydroxyl groups excluding tert-OH is 1. The summed E-state index contributed by atoms with van der Waals surface area (Å²) in [5, 5.41) is 23.5. The van der Waals surface area contributed by atoms with E-state index in [4.69, 9.17) is 14.2 Å². The first-order chi connectivity index (χ1) is 22.4. The number of halogens is 2. The van der Waals surface area contributed by atoms with Crippen molar-refractivity contribution in [1.29, 1.82) is 0 Å². The molecule has 3 saturated carbocycles. The molecule has 9 atom stereocenters. The highest BCUT2D eigenvalue weighted by Gasteiger charge is 2.80. The Morgan fingerprint density at radius 1 is 1.12 bits per heavy atom. The minimum absolute atomic E-state index is 0.00239. The second kappa shape index (κ2) is 12.9. The van der Waals surface area contributed by atoms with E-state index in [1.54, 1.807) is 20.8 Å².